The lowest BCUT2D eigenvalue weighted by Gasteiger charge is -2.08. The first-order valence-electron chi connectivity index (χ1n) is 5.96. The fraction of sp³-hybridized carbons (Fsp3) is 0.750. The lowest BCUT2D eigenvalue weighted by Crippen LogP contribution is -2.19. The Hall–Kier alpha value is -0.910. The molecule has 1 unspecified atom stereocenters. The molecule has 98 valence electrons. The second kappa shape index (κ2) is 6.74. The Bertz CT molecular complexity index is 348. The number of aromatic nitrogens is 2. The van der Waals surface area contributed by atoms with Gasteiger partial charge in [0, 0.05) is 31.5 Å². The van der Waals surface area contributed by atoms with Gasteiger partial charge in [-0.25, -0.2) is 0 Å². The maximum absolute atomic E-state index is 9.38. The molecule has 0 spiro atoms. The molecule has 5 heteroatoms. The van der Waals surface area contributed by atoms with Gasteiger partial charge in [0.1, 0.15) is 0 Å². The van der Waals surface area contributed by atoms with Crippen LogP contribution in [-0.2, 0) is 17.8 Å². The third-order valence-corrected chi connectivity index (χ3v) is 2.75. The standard InChI is InChI=1S/C12H23N3O2/c1-9(16)8-15-11(3)12(10(2)14-15)7-13-5-6-17-4/h9,13,16H,5-8H2,1-4H3. The monoisotopic (exact) mass is 241 g/mol. The topological polar surface area (TPSA) is 59.3 Å². The van der Waals surface area contributed by atoms with Gasteiger partial charge in [0.15, 0.2) is 0 Å². The number of aliphatic hydroxyl groups is 1. The number of hydrogen-bond acceptors (Lipinski definition) is 4. The van der Waals surface area contributed by atoms with Crippen LogP contribution in [0.2, 0.25) is 0 Å². The number of aryl methyl sites for hydroxylation is 1. The Morgan fingerprint density at radius 2 is 2.18 bits per heavy atom. The summed E-state index contributed by atoms with van der Waals surface area (Å²) in [6.07, 6.45) is -0.373. The van der Waals surface area contributed by atoms with Gasteiger partial charge in [-0.15, -0.1) is 0 Å². The minimum Gasteiger partial charge on any atom is -0.391 e. The highest BCUT2D eigenvalue weighted by Gasteiger charge is 2.11. The van der Waals surface area contributed by atoms with E-state index in [0.717, 1.165) is 24.5 Å². The Kier molecular flexibility index (Phi) is 5.61. The minimum absolute atomic E-state index is 0.373. The van der Waals surface area contributed by atoms with Crippen LogP contribution >= 0.6 is 0 Å². The molecule has 1 aromatic rings. The molecule has 0 saturated carbocycles. The minimum atomic E-state index is -0.373. The van der Waals surface area contributed by atoms with Crippen molar-refractivity contribution in [2.75, 3.05) is 20.3 Å². The Balaban J connectivity index is 2.62. The predicted molar refractivity (Wildman–Crippen MR) is 67.0 cm³/mol. The largest absolute Gasteiger partial charge is 0.391 e. The summed E-state index contributed by atoms with van der Waals surface area (Å²) in [7, 11) is 1.69. The quantitative estimate of drug-likeness (QED) is 0.687. The molecular weight excluding hydrogens is 218 g/mol. The number of ether oxygens (including phenoxy) is 1. The van der Waals surface area contributed by atoms with Gasteiger partial charge in [-0.1, -0.05) is 0 Å². The molecule has 0 bridgehead atoms. The maximum atomic E-state index is 9.38. The Labute approximate surface area is 103 Å². The van der Waals surface area contributed by atoms with Crippen molar-refractivity contribution in [1.82, 2.24) is 15.1 Å². The summed E-state index contributed by atoms with van der Waals surface area (Å²) in [5.74, 6) is 0. The van der Waals surface area contributed by atoms with E-state index in [-0.39, 0.29) is 6.10 Å². The molecule has 1 rings (SSSR count). The first kappa shape index (κ1) is 14.2. The predicted octanol–water partition coefficient (Wildman–Crippen LogP) is 0.617. The summed E-state index contributed by atoms with van der Waals surface area (Å²) in [6.45, 7) is 8.68. The second-order valence-corrected chi connectivity index (χ2v) is 4.35. The molecule has 1 atom stereocenters. The fourth-order valence-corrected chi connectivity index (χ4v) is 1.81. The number of hydrogen-bond donors (Lipinski definition) is 2. The van der Waals surface area contributed by atoms with Gasteiger partial charge in [0.05, 0.1) is 24.9 Å². The average Bonchev–Trinajstić information content (AvgIpc) is 2.50. The van der Waals surface area contributed by atoms with Crippen molar-refractivity contribution in [3.63, 3.8) is 0 Å². The molecule has 0 amide bonds. The van der Waals surface area contributed by atoms with E-state index in [1.54, 1.807) is 14.0 Å². The van der Waals surface area contributed by atoms with Crippen molar-refractivity contribution < 1.29 is 9.84 Å². The first-order valence-corrected chi connectivity index (χ1v) is 5.96. The molecule has 0 aliphatic carbocycles. The van der Waals surface area contributed by atoms with Gasteiger partial charge in [-0.05, 0) is 20.8 Å². The molecule has 1 heterocycles. The summed E-state index contributed by atoms with van der Waals surface area (Å²) < 4.78 is 6.85. The van der Waals surface area contributed by atoms with Crippen molar-refractivity contribution in [3.05, 3.63) is 17.0 Å². The van der Waals surface area contributed by atoms with E-state index in [9.17, 15) is 5.11 Å². The number of aliphatic hydroxyl groups excluding tert-OH is 1. The lowest BCUT2D eigenvalue weighted by molar-refractivity contribution is 0.167. The third kappa shape index (κ3) is 4.11. The zero-order valence-corrected chi connectivity index (χ0v) is 11.2. The van der Waals surface area contributed by atoms with Crippen molar-refractivity contribution in [2.45, 2.75) is 40.0 Å². The van der Waals surface area contributed by atoms with Gasteiger partial charge < -0.3 is 15.2 Å². The van der Waals surface area contributed by atoms with E-state index in [1.807, 2.05) is 18.5 Å². The zero-order valence-electron chi connectivity index (χ0n) is 11.2. The molecule has 0 aliphatic heterocycles. The number of nitrogens with one attached hydrogen (secondary N) is 1. The van der Waals surface area contributed by atoms with Crippen LogP contribution in [0.5, 0.6) is 0 Å². The van der Waals surface area contributed by atoms with Crippen LogP contribution < -0.4 is 5.32 Å². The van der Waals surface area contributed by atoms with Crippen LogP contribution in [0.4, 0.5) is 0 Å². The van der Waals surface area contributed by atoms with Crippen LogP contribution in [0.1, 0.15) is 23.9 Å². The highest BCUT2D eigenvalue weighted by molar-refractivity contribution is 5.24. The van der Waals surface area contributed by atoms with Crippen LogP contribution in [0.25, 0.3) is 0 Å². The van der Waals surface area contributed by atoms with Crippen LogP contribution in [0.3, 0.4) is 0 Å². The van der Waals surface area contributed by atoms with E-state index >= 15 is 0 Å². The van der Waals surface area contributed by atoms with Gasteiger partial charge in [-0.2, -0.15) is 5.10 Å². The highest BCUT2D eigenvalue weighted by Crippen LogP contribution is 2.13. The summed E-state index contributed by atoms with van der Waals surface area (Å²) >= 11 is 0. The van der Waals surface area contributed by atoms with E-state index in [1.165, 1.54) is 5.56 Å². The van der Waals surface area contributed by atoms with Crippen LogP contribution in [-0.4, -0.2) is 41.3 Å². The van der Waals surface area contributed by atoms with E-state index in [4.69, 9.17) is 4.74 Å². The molecule has 2 N–H and O–H groups in total. The molecule has 17 heavy (non-hydrogen) atoms. The summed E-state index contributed by atoms with van der Waals surface area (Å²) in [5, 5.41) is 17.1. The van der Waals surface area contributed by atoms with Crippen LogP contribution in [0.15, 0.2) is 0 Å². The van der Waals surface area contributed by atoms with Crippen molar-refractivity contribution in [2.24, 2.45) is 0 Å². The molecule has 1 aromatic heterocycles. The van der Waals surface area contributed by atoms with Crippen molar-refractivity contribution in [1.29, 1.82) is 0 Å². The van der Waals surface area contributed by atoms with Crippen molar-refractivity contribution in [3.8, 4) is 0 Å². The smallest absolute Gasteiger partial charge is 0.0708 e. The third-order valence-electron chi connectivity index (χ3n) is 2.75. The van der Waals surface area contributed by atoms with E-state index < -0.39 is 0 Å². The van der Waals surface area contributed by atoms with E-state index in [0.29, 0.717) is 13.2 Å². The van der Waals surface area contributed by atoms with E-state index in [2.05, 4.69) is 10.4 Å². The van der Waals surface area contributed by atoms with Gasteiger partial charge in [-0.3, -0.25) is 4.68 Å². The molecule has 0 fully saturated rings. The van der Waals surface area contributed by atoms with Gasteiger partial charge in [0.2, 0.25) is 0 Å². The number of methoxy groups -OCH3 is 1. The second-order valence-electron chi connectivity index (χ2n) is 4.35. The molecular formula is C12H23N3O2. The summed E-state index contributed by atoms with van der Waals surface area (Å²) in [4.78, 5) is 0. The SMILES string of the molecule is COCCNCc1c(C)nn(CC(C)O)c1C. The van der Waals surface area contributed by atoms with Gasteiger partial charge >= 0.3 is 0 Å². The van der Waals surface area contributed by atoms with Crippen molar-refractivity contribution >= 4 is 0 Å². The fourth-order valence-electron chi connectivity index (χ4n) is 1.81. The molecule has 0 aliphatic rings. The highest BCUT2D eigenvalue weighted by atomic mass is 16.5. The average molecular weight is 241 g/mol. The Morgan fingerprint density at radius 1 is 1.47 bits per heavy atom. The van der Waals surface area contributed by atoms with Crippen LogP contribution in [0, 0.1) is 13.8 Å². The maximum Gasteiger partial charge on any atom is 0.0708 e. The zero-order chi connectivity index (χ0) is 12.8. The molecule has 0 radical (unpaired) electrons. The normalized spacial score (nSPS) is 13.0. The summed E-state index contributed by atoms with van der Waals surface area (Å²) in [6, 6.07) is 0. The Morgan fingerprint density at radius 3 is 2.76 bits per heavy atom. The molecule has 0 saturated heterocycles. The molecule has 0 aromatic carbocycles. The lowest BCUT2D eigenvalue weighted by atomic mass is 10.2. The molecule has 5 nitrogen and oxygen atoms in total. The number of rotatable bonds is 7. The first-order chi connectivity index (χ1) is 8.06. The van der Waals surface area contributed by atoms with Gasteiger partial charge in [0.25, 0.3) is 0 Å². The number of nitrogens with zero attached hydrogens (tertiary/aromatic N) is 2. The summed E-state index contributed by atoms with van der Waals surface area (Å²) in [5.41, 5.74) is 3.35.